The predicted molar refractivity (Wildman–Crippen MR) is 503 cm³/mol. The largest absolute Gasteiger partial charge is 0.496 e. The highest BCUT2D eigenvalue weighted by molar-refractivity contribution is 6.26. The number of para-hydroxylation sites is 2. The standard InChI is InChI=1S/C49H54N6O12.C26H35N3O9.C21H19N5O4.C2HF3O2/c1-53-36-14-5-4-12-34(36)47(60)54(2)45-38(53)29-50-42(51-45)28-32-18-17-31(27-41(32)63-3)39(57)15-7-9-22-65-24-26-66-25-23-64-21-8-6-11-33(56)30-67-40-16-10-13-35-44(40)49(62)55(48(35)61)37-19-20-43(58)52-46(37)59;27-10-4-12-36-14-16-37-15-13-35-11-2-1-5-18(30)17-38-21-7-3-6-19-23(21)26(34)29(25(19)33)20-8-9-22(31)28-24(20)32;1-25-15-7-5-4-6-13(15)19(27)26(2)16-11-22-21(24-18(16)25)23-14-9-8-12(20(28)29)10-17(14)30-3;3-2(4,5)1(6)7/h4-5,10,12-14,16-18,27,29,37H,6-9,11,15,19-26,28,30H2,1-3H3,(H,52,58,59);3,6-7,20H,1-2,4-5,8-17,27H2,(H,28,31,32);4-11H,1-3H3,(H,28,29)(H,22,23,24);(H,6,7). The molecule has 0 saturated carbocycles. The third-order valence-electron chi connectivity index (χ3n) is 23.0. The van der Waals surface area contributed by atoms with Crippen molar-refractivity contribution in [3.63, 3.8) is 0 Å². The van der Waals surface area contributed by atoms with Crippen molar-refractivity contribution >= 4 is 134 Å². The number of alkyl halides is 3. The second-order valence-corrected chi connectivity index (χ2v) is 32.6. The van der Waals surface area contributed by atoms with Gasteiger partial charge in [0.25, 0.3) is 35.4 Å². The number of unbranched alkanes of at least 4 members (excludes halogenated alkanes) is 3. The lowest BCUT2D eigenvalue weighted by molar-refractivity contribution is -0.192. The van der Waals surface area contributed by atoms with E-state index in [4.69, 9.17) is 73.1 Å². The molecule has 0 aliphatic carbocycles. The number of ether oxygens (including phenoxy) is 10. The number of aromatic nitrogens is 4. The van der Waals surface area contributed by atoms with Gasteiger partial charge in [0.15, 0.2) is 29.0 Å². The molecule has 6 aliphatic heterocycles. The van der Waals surface area contributed by atoms with Gasteiger partial charge in [-0.2, -0.15) is 18.2 Å². The van der Waals surface area contributed by atoms with E-state index in [0.717, 1.165) is 33.2 Å². The average molecular weight is 1970 g/mol. The van der Waals surface area contributed by atoms with E-state index >= 15 is 0 Å². The molecule has 0 radical (unpaired) electrons. The number of carbonyl (C=O) groups excluding carboxylic acids is 13. The number of carboxylic acids is 2. The molecule has 14 rings (SSSR count). The first-order chi connectivity index (χ1) is 68.2. The Labute approximate surface area is 813 Å². The van der Waals surface area contributed by atoms with Gasteiger partial charge >= 0.3 is 18.1 Å². The molecule has 2 unspecified atom stereocenters. The lowest BCUT2D eigenvalue weighted by atomic mass is 10.0. The van der Waals surface area contributed by atoms with Crippen LogP contribution >= 0.6 is 0 Å². The van der Waals surface area contributed by atoms with E-state index in [2.05, 4.69) is 30.9 Å². The van der Waals surface area contributed by atoms with Crippen LogP contribution in [-0.2, 0) is 68.4 Å². The zero-order chi connectivity index (χ0) is 102. The number of aliphatic carboxylic acids is 1. The number of Topliss-reactive ketones (excluding diaryl/α,β-unsaturated/α-hetero) is 3. The number of anilines is 8. The predicted octanol–water partition coefficient (Wildman–Crippen LogP) is 9.58. The second-order valence-electron chi connectivity index (χ2n) is 32.6. The quantitative estimate of drug-likeness (QED) is 0.0117. The Balaban J connectivity index is 0.000000215. The molecule has 6 aromatic carbocycles. The number of rotatable bonds is 46. The Hall–Kier alpha value is -15.0. The van der Waals surface area contributed by atoms with Crippen molar-refractivity contribution in [2.75, 3.05) is 166 Å². The molecule has 10 amide bonds. The van der Waals surface area contributed by atoms with E-state index < -0.39 is 77.5 Å². The number of nitrogens with two attached hydrogens (primary N) is 1. The van der Waals surface area contributed by atoms with Crippen LogP contribution in [-0.4, -0.2) is 288 Å². The number of methoxy groups -OCH3 is 2. The van der Waals surface area contributed by atoms with Crippen LogP contribution in [0.4, 0.5) is 59.2 Å². The third kappa shape index (κ3) is 28.0. The second kappa shape index (κ2) is 51.8. The Bertz CT molecular complexity index is 5990. The first-order valence-corrected chi connectivity index (χ1v) is 45.5. The number of benzene rings is 6. The van der Waals surface area contributed by atoms with Crippen molar-refractivity contribution in [2.45, 2.75) is 115 Å². The van der Waals surface area contributed by atoms with Crippen molar-refractivity contribution in [1.82, 2.24) is 40.4 Å². The van der Waals surface area contributed by atoms with Crippen LogP contribution in [0.2, 0.25) is 0 Å². The molecule has 44 heteroatoms. The zero-order valence-electron chi connectivity index (χ0n) is 78.9. The van der Waals surface area contributed by atoms with Crippen LogP contribution in [0.5, 0.6) is 23.0 Å². The maximum atomic E-state index is 13.3. The number of imide groups is 4. The summed E-state index contributed by atoms with van der Waals surface area (Å²) in [5.41, 5.74) is 11.5. The van der Waals surface area contributed by atoms with Gasteiger partial charge in [-0.05, 0) is 137 Å². The topological polar surface area (TPSA) is 522 Å². The van der Waals surface area contributed by atoms with E-state index in [1.54, 1.807) is 81.0 Å². The molecule has 6 aliphatic rings. The van der Waals surface area contributed by atoms with Crippen molar-refractivity contribution in [2.24, 2.45) is 5.73 Å². The van der Waals surface area contributed by atoms with Crippen LogP contribution in [0.3, 0.4) is 0 Å². The molecule has 41 nitrogen and oxygen atoms in total. The Kier molecular flexibility index (Phi) is 39.2. The van der Waals surface area contributed by atoms with E-state index in [9.17, 15) is 80.3 Å². The summed E-state index contributed by atoms with van der Waals surface area (Å²) in [6.07, 6.45) is 4.33. The van der Waals surface area contributed by atoms with Gasteiger partial charge in [-0.3, -0.25) is 87.7 Å². The van der Waals surface area contributed by atoms with Crippen LogP contribution in [0.25, 0.3) is 0 Å². The number of hydrogen-bond donors (Lipinski definition) is 6. The van der Waals surface area contributed by atoms with Gasteiger partial charge < -0.3 is 83.3 Å². The number of nitrogens with one attached hydrogen (secondary N) is 3. The lowest BCUT2D eigenvalue weighted by Gasteiger charge is -2.27. The fourth-order valence-corrected chi connectivity index (χ4v) is 15.5. The smallest absolute Gasteiger partial charge is 0.490 e. The van der Waals surface area contributed by atoms with Crippen molar-refractivity contribution in [3.05, 3.63) is 190 Å². The van der Waals surface area contributed by atoms with E-state index in [0.29, 0.717) is 200 Å². The van der Waals surface area contributed by atoms with E-state index in [1.165, 1.54) is 48.4 Å². The highest BCUT2D eigenvalue weighted by Gasteiger charge is 2.48. The average Bonchev–Trinajstić information content (AvgIpc) is 1.59. The van der Waals surface area contributed by atoms with Crippen LogP contribution in [0.1, 0.15) is 184 Å². The molecule has 2 aromatic heterocycles. The number of carbonyl (C=O) groups is 15. The molecule has 0 bridgehead atoms. The van der Waals surface area contributed by atoms with Gasteiger partial charge in [0.2, 0.25) is 29.6 Å². The SMILES string of the molecule is COc1cc(C(=O)CCCCOCCOCCOCCCCC(=O)COc2cccc3c2C(=O)N(C2CCC(=O)NC2=O)C3=O)ccc1Cc1ncc2c(n1)N(C)C(=O)c1ccccc1N2C.COc1cc(C(=O)O)ccc1Nc1ncc2c(n1)N(C)c1ccccc1C(=O)N2C.NCCCOCCOCCOCCCCC(=O)COc1cccc2c1C(=O)N(C1CCC(=O)NC1=O)C2=O.O=C(O)C(F)(F)F. The summed E-state index contributed by atoms with van der Waals surface area (Å²) in [6.45, 7) is 5.71. The molecule has 2 fully saturated rings. The van der Waals surface area contributed by atoms with Crippen LogP contribution in [0, 0.1) is 0 Å². The summed E-state index contributed by atoms with van der Waals surface area (Å²) in [6, 6.07) is 31.5. The van der Waals surface area contributed by atoms with Gasteiger partial charge in [0.05, 0.1) is 135 Å². The van der Waals surface area contributed by atoms with Crippen LogP contribution in [0.15, 0.2) is 134 Å². The third-order valence-corrected chi connectivity index (χ3v) is 23.0. The van der Waals surface area contributed by atoms with E-state index in [1.807, 2.05) is 66.4 Å². The maximum absolute atomic E-state index is 13.3. The number of nitrogens with zero attached hydrogens (tertiary/aromatic N) is 10. The minimum Gasteiger partial charge on any atom is -0.496 e. The summed E-state index contributed by atoms with van der Waals surface area (Å²) < 4.78 is 87.0. The number of piperidine rings is 2. The first-order valence-electron chi connectivity index (χ1n) is 45.5. The fourth-order valence-electron chi connectivity index (χ4n) is 15.5. The lowest BCUT2D eigenvalue weighted by Crippen LogP contribution is -2.54. The molecule has 7 N–H and O–H groups in total. The highest BCUT2D eigenvalue weighted by Crippen LogP contribution is 2.42. The van der Waals surface area contributed by atoms with Crippen molar-refractivity contribution in [1.29, 1.82) is 0 Å². The number of hydrogen-bond acceptors (Lipinski definition) is 33. The fraction of sp³-hybridized carbons (Fsp3) is 0.398. The normalized spacial score (nSPS) is 15.1. The Morgan fingerprint density at radius 3 is 1.36 bits per heavy atom. The molecule has 2 atom stereocenters. The minimum atomic E-state index is -5.08. The summed E-state index contributed by atoms with van der Waals surface area (Å²) in [7, 11) is 10.1. The summed E-state index contributed by atoms with van der Waals surface area (Å²) in [4.78, 5) is 211. The summed E-state index contributed by atoms with van der Waals surface area (Å²) in [5, 5.41) is 23.7. The van der Waals surface area contributed by atoms with Gasteiger partial charge in [0.1, 0.15) is 65.5 Å². The Morgan fingerprint density at radius 1 is 0.451 bits per heavy atom. The molecule has 8 heterocycles. The Morgan fingerprint density at radius 2 is 0.880 bits per heavy atom. The monoisotopic (exact) mass is 1970 g/mol. The number of halogens is 3. The van der Waals surface area contributed by atoms with Crippen molar-refractivity contribution < 1.29 is 143 Å². The van der Waals surface area contributed by atoms with Gasteiger partial charge in [0, 0.05) is 104 Å². The van der Waals surface area contributed by atoms with Gasteiger partial charge in [-0.15, -0.1) is 0 Å². The number of amides is 10. The molecule has 2 saturated heterocycles. The summed E-state index contributed by atoms with van der Waals surface area (Å²) >= 11 is 0. The van der Waals surface area contributed by atoms with Crippen LogP contribution < -0.4 is 60.2 Å². The summed E-state index contributed by atoms with van der Waals surface area (Å²) in [5.74, 6) is -6.43. The minimum absolute atomic E-state index is 0.000316. The molecule has 754 valence electrons. The number of ketones is 3. The van der Waals surface area contributed by atoms with E-state index in [-0.39, 0.29) is 126 Å². The van der Waals surface area contributed by atoms with Crippen molar-refractivity contribution in [3.8, 4) is 23.0 Å². The highest BCUT2D eigenvalue weighted by atomic mass is 19.4. The molecular formula is C98H109F3N14O27. The molecule has 8 aromatic rings. The molecular weight excluding hydrogens is 1860 g/mol. The number of carboxylic acid groups (broad SMARTS) is 2. The van der Waals surface area contributed by atoms with Gasteiger partial charge in [-0.25, -0.2) is 24.5 Å². The first kappa shape index (κ1) is 107. The maximum Gasteiger partial charge on any atom is 0.490 e. The van der Waals surface area contributed by atoms with Gasteiger partial charge in [-0.1, -0.05) is 48.5 Å². The zero-order valence-corrected chi connectivity index (χ0v) is 78.9. The molecule has 142 heavy (non-hydrogen) atoms. The number of aromatic carboxylic acids is 1. The molecule has 0 spiro atoms. The number of fused-ring (bicyclic) bond motifs is 6.